The van der Waals surface area contributed by atoms with E-state index < -0.39 is 18.7 Å². The average molecular weight is 209 g/mol. The number of hydrogen-bond donors (Lipinski definition) is 2. The number of nitrogens with two attached hydrogens (primary N) is 1. The van der Waals surface area contributed by atoms with Gasteiger partial charge < -0.3 is 10.8 Å². The van der Waals surface area contributed by atoms with Crippen molar-refractivity contribution in [3.63, 3.8) is 0 Å². The number of aliphatic hydroxyl groups excluding tert-OH is 1. The lowest BCUT2D eigenvalue weighted by molar-refractivity contribution is 0.145. The molecule has 1 aromatic heterocycles. The highest BCUT2D eigenvalue weighted by atomic mass is 35.5. The molecule has 0 atom stereocenters. The Morgan fingerprint density at radius 3 is 2.69 bits per heavy atom. The third-order valence-corrected chi connectivity index (χ3v) is 1.88. The van der Waals surface area contributed by atoms with E-state index in [1.807, 2.05) is 0 Å². The molecule has 0 saturated heterocycles. The van der Waals surface area contributed by atoms with Crippen molar-refractivity contribution >= 4 is 17.3 Å². The van der Waals surface area contributed by atoms with E-state index in [4.69, 9.17) is 22.4 Å². The standard InChI is InChI=1S/C7H7ClF2N2O/c8-6-3(11)1-4(7(9)10)12-5(6)2-13/h1,7,13H,2H2,(H2,11,12). The van der Waals surface area contributed by atoms with Gasteiger partial charge in [-0.1, -0.05) is 11.6 Å². The zero-order chi connectivity index (χ0) is 10.0. The van der Waals surface area contributed by atoms with Gasteiger partial charge in [-0.2, -0.15) is 0 Å². The van der Waals surface area contributed by atoms with E-state index >= 15 is 0 Å². The summed E-state index contributed by atoms with van der Waals surface area (Å²) in [4.78, 5) is 3.44. The van der Waals surface area contributed by atoms with Gasteiger partial charge in [-0.15, -0.1) is 0 Å². The normalized spacial score (nSPS) is 10.8. The molecule has 6 heteroatoms. The molecule has 0 aliphatic heterocycles. The number of hydrogen-bond acceptors (Lipinski definition) is 3. The molecule has 3 nitrogen and oxygen atoms in total. The van der Waals surface area contributed by atoms with Gasteiger partial charge >= 0.3 is 0 Å². The van der Waals surface area contributed by atoms with Crippen LogP contribution >= 0.6 is 11.6 Å². The zero-order valence-corrected chi connectivity index (χ0v) is 7.22. The highest BCUT2D eigenvalue weighted by molar-refractivity contribution is 6.33. The molecular formula is C7H7ClF2N2O. The van der Waals surface area contributed by atoms with Gasteiger partial charge in [-0.3, -0.25) is 0 Å². The Balaban J connectivity index is 3.22. The van der Waals surface area contributed by atoms with Crippen molar-refractivity contribution in [3.05, 3.63) is 22.5 Å². The molecule has 3 N–H and O–H groups in total. The number of nitrogen functional groups attached to an aromatic ring is 1. The maximum absolute atomic E-state index is 12.2. The summed E-state index contributed by atoms with van der Waals surface area (Å²) in [6, 6.07) is 0.992. The largest absolute Gasteiger partial charge is 0.397 e. The summed E-state index contributed by atoms with van der Waals surface area (Å²) >= 11 is 5.58. The maximum Gasteiger partial charge on any atom is 0.280 e. The first-order chi connectivity index (χ1) is 6.06. The molecular weight excluding hydrogens is 202 g/mol. The second kappa shape index (κ2) is 3.85. The van der Waals surface area contributed by atoms with E-state index in [9.17, 15) is 8.78 Å². The highest BCUT2D eigenvalue weighted by Gasteiger charge is 2.14. The SMILES string of the molecule is Nc1cc(C(F)F)nc(CO)c1Cl. The molecule has 1 rings (SSSR count). The Kier molecular flexibility index (Phi) is 3.00. The number of anilines is 1. The van der Waals surface area contributed by atoms with Crippen molar-refractivity contribution in [1.82, 2.24) is 4.98 Å². The predicted octanol–water partition coefficient (Wildman–Crippen LogP) is 1.75. The highest BCUT2D eigenvalue weighted by Crippen LogP contribution is 2.27. The van der Waals surface area contributed by atoms with Crippen LogP contribution in [-0.4, -0.2) is 10.1 Å². The lowest BCUT2D eigenvalue weighted by Crippen LogP contribution is -2.01. The number of rotatable bonds is 2. The zero-order valence-electron chi connectivity index (χ0n) is 6.47. The summed E-state index contributed by atoms with van der Waals surface area (Å²) in [5, 5.41) is 8.72. The van der Waals surface area contributed by atoms with Crippen LogP contribution in [0.3, 0.4) is 0 Å². The van der Waals surface area contributed by atoms with E-state index in [0.717, 1.165) is 6.07 Å². The topological polar surface area (TPSA) is 59.1 Å². The number of aliphatic hydroxyl groups is 1. The Bertz CT molecular complexity index is 320. The van der Waals surface area contributed by atoms with Crippen LogP contribution in [0, 0.1) is 0 Å². The molecule has 0 aliphatic carbocycles. The van der Waals surface area contributed by atoms with Gasteiger partial charge in [-0.05, 0) is 6.07 Å². The van der Waals surface area contributed by atoms with Crippen molar-refractivity contribution in [2.45, 2.75) is 13.0 Å². The molecule has 0 radical (unpaired) electrons. The monoisotopic (exact) mass is 208 g/mol. The third-order valence-electron chi connectivity index (χ3n) is 1.45. The minimum Gasteiger partial charge on any atom is -0.397 e. The second-order valence-electron chi connectivity index (χ2n) is 2.36. The molecule has 0 unspecified atom stereocenters. The van der Waals surface area contributed by atoms with Crippen LogP contribution in [0.5, 0.6) is 0 Å². The number of nitrogens with zero attached hydrogens (tertiary/aromatic N) is 1. The van der Waals surface area contributed by atoms with E-state index in [0.29, 0.717) is 0 Å². The van der Waals surface area contributed by atoms with Crippen LogP contribution in [0.4, 0.5) is 14.5 Å². The van der Waals surface area contributed by atoms with Crippen LogP contribution in [0.15, 0.2) is 6.07 Å². The van der Waals surface area contributed by atoms with Crippen LogP contribution in [0.2, 0.25) is 5.02 Å². The van der Waals surface area contributed by atoms with E-state index in [1.165, 1.54) is 0 Å². The van der Waals surface area contributed by atoms with Crippen LogP contribution in [-0.2, 0) is 6.61 Å². The van der Waals surface area contributed by atoms with Gasteiger partial charge in [0, 0.05) is 0 Å². The first-order valence-corrected chi connectivity index (χ1v) is 3.78. The van der Waals surface area contributed by atoms with Crippen LogP contribution in [0.25, 0.3) is 0 Å². The Labute approximate surface area is 78.1 Å². The molecule has 0 bridgehead atoms. The minimum atomic E-state index is -2.72. The van der Waals surface area contributed by atoms with Gasteiger partial charge in [-0.25, -0.2) is 13.8 Å². The molecule has 1 heterocycles. The fourth-order valence-electron chi connectivity index (χ4n) is 0.843. The number of halogens is 3. The summed E-state index contributed by atoms with van der Waals surface area (Å²) in [6.07, 6.45) is -2.72. The quantitative estimate of drug-likeness (QED) is 0.779. The minimum absolute atomic E-state index is 0.00369. The van der Waals surface area contributed by atoms with Crippen molar-refractivity contribution in [2.75, 3.05) is 5.73 Å². The van der Waals surface area contributed by atoms with Crippen LogP contribution < -0.4 is 5.73 Å². The number of alkyl halides is 2. The molecule has 0 aliphatic rings. The fourth-order valence-corrected chi connectivity index (χ4v) is 1.000. The summed E-state index contributed by atoms with van der Waals surface area (Å²) in [6.45, 7) is -0.510. The molecule has 0 saturated carbocycles. The van der Waals surface area contributed by atoms with Gasteiger partial charge in [0.05, 0.1) is 23.0 Å². The number of aromatic nitrogens is 1. The molecule has 13 heavy (non-hydrogen) atoms. The van der Waals surface area contributed by atoms with Crippen molar-refractivity contribution < 1.29 is 13.9 Å². The van der Waals surface area contributed by atoms with E-state index in [-0.39, 0.29) is 16.4 Å². The Morgan fingerprint density at radius 2 is 2.23 bits per heavy atom. The van der Waals surface area contributed by atoms with E-state index in [2.05, 4.69) is 4.98 Å². The van der Waals surface area contributed by atoms with Gasteiger partial charge in [0.25, 0.3) is 6.43 Å². The average Bonchev–Trinajstić information content (AvgIpc) is 2.09. The predicted molar refractivity (Wildman–Crippen MR) is 44.5 cm³/mol. The van der Waals surface area contributed by atoms with E-state index in [1.54, 1.807) is 0 Å². The maximum atomic E-state index is 12.2. The third kappa shape index (κ3) is 2.05. The Hall–Kier alpha value is -0.940. The summed E-state index contributed by atoms with van der Waals surface area (Å²) in [5.74, 6) is 0. The summed E-state index contributed by atoms with van der Waals surface area (Å²) < 4.78 is 24.3. The summed E-state index contributed by atoms with van der Waals surface area (Å²) in [5.41, 5.74) is 4.80. The molecule has 0 amide bonds. The molecule has 0 fully saturated rings. The summed E-state index contributed by atoms with van der Waals surface area (Å²) in [7, 11) is 0. The van der Waals surface area contributed by atoms with Crippen molar-refractivity contribution in [3.8, 4) is 0 Å². The first kappa shape index (κ1) is 10.1. The smallest absolute Gasteiger partial charge is 0.280 e. The van der Waals surface area contributed by atoms with Crippen molar-refractivity contribution in [1.29, 1.82) is 0 Å². The number of pyridine rings is 1. The molecule has 0 spiro atoms. The lowest BCUT2D eigenvalue weighted by Gasteiger charge is -2.06. The molecule has 0 aromatic carbocycles. The first-order valence-electron chi connectivity index (χ1n) is 3.40. The lowest BCUT2D eigenvalue weighted by atomic mass is 10.2. The molecule has 1 aromatic rings. The van der Waals surface area contributed by atoms with Gasteiger partial charge in [0.2, 0.25) is 0 Å². The fraction of sp³-hybridized carbons (Fsp3) is 0.286. The van der Waals surface area contributed by atoms with Gasteiger partial charge in [0.15, 0.2) is 0 Å². The van der Waals surface area contributed by atoms with Crippen LogP contribution in [0.1, 0.15) is 17.8 Å². The second-order valence-corrected chi connectivity index (χ2v) is 2.73. The molecule has 72 valence electrons. The Morgan fingerprint density at radius 1 is 1.62 bits per heavy atom. The van der Waals surface area contributed by atoms with Gasteiger partial charge in [0.1, 0.15) is 5.69 Å². The van der Waals surface area contributed by atoms with Crippen molar-refractivity contribution in [2.24, 2.45) is 0 Å².